The van der Waals surface area contributed by atoms with Crippen molar-refractivity contribution in [3.05, 3.63) is 0 Å². The summed E-state index contributed by atoms with van der Waals surface area (Å²) in [5.41, 5.74) is 0.614. The predicted octanol–water partition coefficient (Wildman–Crippen LogP) is 7.54. The van der Waals surface area contributed by atoms with Gasteiger partial charge in [-0.1, -0.05) is 107 Å². The molecule has 8 fully saturated rings. The number of fused-ring (bicyclic) bond motifs is 8. The van der Waals surface area contributed by atoms with Gasteiger partial charge in [0.25, 0.3) is 0 Å². The van der Waals surface area contributed by atoms with Crippen molar-refractivity contribution in [2.75, 3.05) is 26.2 Å². The zero-order valence-electron chi connectivity index (χ0n) is 25.3. The molecule has 3 nitrogen and oxygen atoms in total. The standard InChI is InChI=1S/C35H60BN3/c1-3-11-25(12-4-1)36-31-17-9-7-15-27(31)35(29-23-37-21-19-32(29)36)28-16-8-10-18-33(28)39(26-13-5-2-6-14-26)34-20-22-38-24-30(34)35/h25-34,37-38H,1-24H2. The highest BCUT2D eigenvalue weighted by Crippen LogP contribution is 2.72. The maximum absolute atomic E-state index is 4.11. The molecular formula is C35H60BN3. The minimum Gasteiger partial charge on any atom is -0.316 e. The van der Waals surface area contributed by atoms with Crippen LogP contribution in [0, 0.1) is 29.1 Å². The van der Waals surface area contributed by atoms with Crippen molar-refractivity contribution in [1.29, 1.82) is 0 Å². The van der Waals surface area contributed by atoms with Gasteiger partial charge in [0.05, 0.1) is 0 Å². The molecule has 4 heteroatoms. The Balaban J connectivity index is 1.26. The van der Waals surface area contributed by atoms with Gasteiger partial charge in [-0.05, 0) is 87.2 Å². The number of likely N-dealkylation sites (tertiary alicyclic amines) is 1. The van der Waals surface area contributed by atoms with Crippen molar-refractivity contribution < 1.29 is 0 Å². The quantitative estimate of drug-likeness (QED) is 0.359. The van der Waals surface area contributed by atoms with Crippen molar-refractivity contribution in [2.45, 2.75) is 164 Å². The highest BCUT2D eigenvalue weighted by atomic mass is 15.3. The van der Waals surface area contributed by atoms with Crippen molar-refractivity contribution in [3.8, 4) is 0 Å². The lowest BCUT2D eigenvalue weighted by molar-refractivity contribution is -0.209. The third-order valence-corrected chi connectivity index (χ3v) is 15.0. The summed E-state index contributed by atoms with van der Waals surface area (Å²) in [6.07, 6.45) is 30.6. The fraction of sp³-hybridized carbons (Fsp3) is 1.00. The average molecular weight is 534 g/mol. The van der Waals surface area contributed by atoms with Crippen molar-refractivity contribution >= 4 is 6.71 Å². The number of piperidine rings is 3. The van der Waals surface area contributed by atoms with E-state index in [4.69, 9.17) is 0 Å². The van der Waals surface area contributed by atoms with Gasteiger partial charge in [0.1, 0.15) is 6.71 Å². The van der Waals surface area contributed by atoms with E-state index in [2.05, 4.69) is 15.5 Å². The summed E-state index contributed by atoms with van der Waals surface area (Å²) >= 11 is 0. The van der Waals surface area contributed by atoms with Gasteiger partial charge < -0.3 is 10.6 Å². The molecule has 39 heavy (non-hydrogen) atoms. The molecule has 8 aliphatic rings. The fourth-order valence-electron chi connectivity index (χ4n) is 14.2. The van der Waals surface area contributed by atoms with E-state index in [1.165, 1.54) is 110 Å². The third-order valence-electron chi connectivity index (χ3n) is 15.0. The van der Waals surface area contributed by atoms with Crippen LogP contribution in [0.1, 0.15) is 128 Å². The predicted molar refractivity (Wildman–Crippen MR) is 165 cm³/mol. The molecule has 4 saturated carbocycles. The summed E-state index contributed by atoms with van der Waals surface area (Å²) in [4.78, 5) is 3.33. The van der Waals surface area contributed by atoms with E-state index >= 15 is 0 Å². The first-order valence-electron chi connectivity index (χ1n) is 18.6. The molecule has 4 saturated heterocycles. The molecule has 0 radical (unpaired) electrons. The molecule has 1 spiro atoms. The van der Waals surface area contributed by atoms with Crippen LogP contribution in [0.25, 0.3) is 0 Å². The van der Waals surface area contributed by atoms with E-state index in [1.807, 2.05) is 0 Å². The SMILES string of the molecule is C1CCC(B2C3CCCCC3C3(C4CNCCC24)C2CCCCC2N(C2CCCCC2)C2CCNCC23)CC1. The molecule has 4 aliphatic carbocycles. The van der Waals surface area contributed by atoms with Gasteiger partial charge in [0, 0.05) is 24.7 Å². The Morgan fingerprint density at radius 3 is 1.90 bits per heavy atom. The molecule has 4 aliphatic heterocycles. The van der Waals surface area contributed by atoms with E-state index < -0.39 is 0 Å². The molecule has 0 aromatic heterocycles. The second-order valence-corrected chi connectivity index (χ2v) is 16.2. The maximum Gasteiger partial charge on any atom is 0.150 e. The van der Waals surface area contributed by atoms with Crippen molar-refractivity contribution in [1.82, 2.24) is 15.5 Å². The highest BCUT2D eigenvalue weighted by molar-refractivity contribution is 6.64. The summed E-state index contributed by atoms with van der Waals surface area (Å²) in [6, 6.07) is 2.70. The summed E-state index contributed by atoms with van der Waals surface area (Å²) in [7, 11) is 0. The zero-order chi connectivity index (χ0) is 25.8. The smallest absolute Gasteiger partial charge is 0.150 e. The van der Waals surface area contributed by atoms with Crippen LogP contribution in [0.5, 0.6) is 0 Å². The van der Waals surface area contributed by atoms with Crippen LogP contribution in [0.15, 0.2) is 0 Å². The lowest BCUT2D eigenvalue weighted by Crippen LogP contribution is -2.76. The fourth-order valence-corrected chi connectivity index (χ4v) is 14.2. The largest absolute Gasteiger partial charge is 0.316 e. The third kappa shape index (κ3) is 4.21. The van der Waals surface area contributed by atoms with Crippen LogP contribution in [0.4, 0.5) is 0 Å². The summed E-state index contributed by atoms with van der Waals surface area (Å²) in [5, 5.41) is 8.20. The lowest BCUT2D eigenvalue weighted by atomic mass is 9.15. The van der Waals surface area contributed by atoms with Gasteiger partial charge in [-0.2, -0.15) is 0 Å². The molecule has 9 atom stereocenters. The van der Waals surface area contributed by atoms with Gasteiger partial charge in [-0.3, -0.25) is 4.90 Å². The molecule has 9 unspecified atom stereocenters. The lowest BCUT2D eigenvalue weighted by Gasteiger charge is -2.74. The number of hydrogen-bond donors (Lipinski definition) is 2. The van der Waals surface area contributed by atoms with E-state index in [-0.39, 0.29) is 0 Å². The van der Waals surface area contributed by atoms with Gasteiger partial charge in [-0.15, -0.1) is 0 Å². The normalized spacial score (nSPS) is 48.2. The van der Waals surface area contributed by atoms with Crippen LogP contribution >= 0.6 is 0 Å². The Kier molecular flexibility index (Phi) is 7.64. The minimum atomic E-state index is 0.614. The molecular weight excluding hydrogens is 473 g/mol. The van der Waals surface area contributed by atoms with Gasteiger partial charge in [0.15, 0.2) is 0 Å². The van der Waals surface area contributed by atoms with E-state index in [0.29, 0.717) is 5.41 Å². The minimum absolute atomic E-state index is 0.614. The van der Waals surface area contributed by atoms with Gasteiger partial charge in [-0.25, -0.2) is 0 Å². The summed E-state index contributed by atoms with van der Waals surface area (Å²) < 4.78 is 0. The van der Waals surface area contributed by atoms with Gasteiger partial charge in [0.2, 0.25) is 0 Å². The van der Waals surface area contributed by atoms with Crippen LogP contribution < -0.4 is 10.6 Å². The Bertz CT molecular complexity index is 716. The van der Waals surface area contributed by atoms with E-state index in [9.17, 15) is 0 Å². The molecule has 0 amide bonds. The number of nitrogens with zero attached hydrogens (tertiary/aromatic N) is 1. The zero-order valence-corrected chi connectivity index (χ0v) is 25.3. The second kappa shape index (κ2) is 11.2. The molecule has 8 rings (SSSR count). The first-order valence-corrected chi connectivity index (χ1v) is 18.6. The number of rotatable bonds is 2. The van der Waals surface area contributed by atoms with Crippen molar-refractivity contribution in [2.24, 2.45) is 29.1 Å². The molecule has 0 bridgehead atoms. The van der Waals surface area contributed by atoms with Gasteiger partial charge >= 0.3 is 0 Å². The van der Waals surface area contributed by atoms with Crippen LogP contribution in [0.2, 0.25) is 17.5 Å². The van der Waals surface area contributed by atoms with Crippen LogP contribution in [0.3, 0.4) is 0 Å². The Labute approximate surface area is 241 Å². The maximum atomic E-state index is 4.11. The van der Waals surface area contributed by atoms with E-state index in [1.54, 1.807) is 44.9 Å². The molecule has 0 aromatic carbocycles. The topological polar surface area (TPSA) is 27.3 Å². The molecule has 2 N–H and O–H groups in total. The van der Waals surface area contributed by atoms with E-state index in [0.717, 1.165) is 66.0 Å². The first-order chi connectivity index (χ1) is 19.4. The molecule has 4 heterocycles. The van der Waals surface area contributed by atoms with Crippen LogP contribution in [-0.2, 0) is 0 Å². The van der Waals surface area contributed by atoms with Crippen molar-refractivity contribution in [3.63, 3.8) is 0 Å². The number of nitrogens with one attached hydrogen (secondary N) is 2. The second-order valence-electron chi connectivity index (χ2n) is 16.2. The summed E-state index contributed by atoms with van der Waals surface area (Å²) in [6.45, 7) is 6.38. The Hall–Kier alpha value is -0.0551. The summed E-state index contributed by atoms with van der Waals surface area (Å²) in [5.74, 6) is 7.05. The first kappa shape index (κ1) is 26.6. The van der Waals surface area contributed by atoms with Crippen LogP contribution in [-0.4, -0.2) is 55.9 Å². The Morgan fingerprint density at radius 1 is 0.487 bits per heavy atom. The molecule has 0 aromatic rings. The average Bonchev–Trinajstić information content (AvgIpc) is 3.02. The highest BCUT2D eigenvalue weighted by Gasteiger charge is 2.70. The number of hydrogen-bond acceptors (Lipinski definition) is 3. The molecule has 218 valence electrons. The Morgan fingerprint density at radius 2 is 1.08 bits per heavy atom. The monoisotopic (exact) mass is 533 g/mol.